The molecule has 2 rings (SSSR count). The van der Waals surface area contributed by atoms with E-state index in [4.69, 9.17) is 0 Å². The molecule has 4 heteroatoms. The molecule has 0 amide bonds. The highest BCUT2D eigenvalue weighted by Crippen LogP contribution is 2.11. The van der Waals surface area contributed by atoms with E-state index >= 15 is 0 Å². The van der Waals surface area contributed by atoms with Gasteiger partial charge in [-0.15, -0.1) is 0 Å². The lowest BCUT2D eigenvalue weighted by Crippen LogP contribution is -2.42. The van der Waals surface area contributed by atoms with Gasteiger partial charge >= 0.3 is 0 Å². The van der Waals surface area contributed by atoms with Crippen LogP contribution in [0.5, 0.6) is 0 Å². The van der Waals surface area contributed by atoms with Gasteiger partial charge in [-0.25, -0.2) is 9.97 Å². The fourth-order valence-electron chi connectivity index (χ4n) is 2.43. The second kappa shape index (κ2) is 7.44. The number of aromatic nitrogens is 2. The molecule has 1 saturated heterocycles. The number of hydrogen-bond acceptors (Lipinski definition) is 4. The molecule has 2 heterocycles. The molecular weight excluding hydrogens is 224 g/mol. The summed E-state index contributed by atoms with van der Waals surface area (Å²) in [6.45, 7) is 6.90. The van der Waals surface area contributed by atoms with Crippen LogP contribution in [0.25, 0.3) is 0 Å². The lowest BCUT2D eigenvalue weighted by atomic mass is 10.0. The summed E-state index contributed by atoms with van der Waals surface area (Å²) >= 11 is 0. The number of unbranched alkanes of at least 4 members (excludes halogenated alkanes) is 1. The lowest BCUT2D eigenvalue weighted by molar-refractivity contribution is 0.195. The second-order valence-corrected chi connectivity index (χ2v) is 5.10. The van der Waals surface area contributed by atoms with E-state index in [0.29, 0.717) is 6.04 Å². The SMILES string of the molecule is CCCCN1CCC(NCc2cncnc2)CC1. The molecule has 100 valence electrons. The summed E-state index contributed by atoms with van der Waals surface area (Å²) in [5, 5.41) is 3.61. The minimum absolute atomic E-state index is 0.656. The predicted octanol–water partition coefficient (Wildman–Crippen LogP) is 1.83. The van der Waals surface area contributed by atoms with Crippen LogP contribution in [0, 0.1) is 0 Å². The molecule has 1 aromatic rings. The van der Waals surface area contributed by atoms with Gasteiger partial charge in [0.05, 0.1) is 0 Å². The van der Waals surface area contributed by atoms with Crippen molar-refractivity contribution >= 4 is 0 Å². The first-order chi connectivity index (χ1) is 8.88. The number of hydrogen-bond donors (Lipinski definition) is 1. The van der Waals surface area contributed by atoms with Crippen molar-refractivity contribution in [3.63, 3.8) is 0 Å². The van der Waals surface area contributed by atoms with Gasteiger partial charge < -0.3 is 10.2 Å². The van der Waals surface area contributed by atoms with Crippen molar-refractivity contribution in [2.24, 2.45) is 0 Å². The molecule has 0 spiro atoms. The van der Waals surface area contributed by atoms with Crippen molar-refractivity contribution in [2.45, 2.75) is 45.2 Å². The Morgan fingerprint density at radius 2 is 2.00 bits per heavy atom. The fraction of sp³-hybridized carbons (Fsp3) is 0.714. The van der Waals surface area contributed by atoms with Gasteiger partial charge in [-0.3, -0.25) is 0 Å². The van der Waals surface area contributed by atoms with Gasteiger partial charge in [-0.05, 0) is 38.9 Å². The van der Waals surface area contributed by atoms with Crippen molar-refractivity contribution < 1.29 is 0 Å². The van der Waals surface area contributed by atoms with Crippen LogP contribution in [0.2, 0.25) is 0 Å². The molecule has 0 aromatic carbocycles. The van der Waals surface area contributed by atoms with E-state index in [1.165, 1.54) is 50.9 Å². The third kappa shape index (κ3) is 4.35. The smallest absolute Gasteiger partial charge is 0.115 e. The number of nitrogens with one attached hydrogen (secondary N) is 1. The lowest BCUT2D eigenvalue weighted by Gasteiger charge is -2.32. The van der Waals surface area contributed by atoms with E-state index in [1.807, 2.05) is 12.4 Å². The third-order valence-electron chi connectivity index (χ3n) is 3.62. The number of rotatable bonds is 6. The first-order valence-electron chi connectivity index (χ1n) is 7.08. The van der Waals surface area contributed by atoms with E-state index in [2.05, 4.69) is 27.1 Å². The molecule has 4 nitrogen and oxygen atoms in total. The summed E-state index contributed by atoms with van der Waals surface area (Å²) in [6.07, 6.45) is 10.5. The maximum Gasteiger partial charge on any atom is 0.115 e. The van der Waals surface area contributed by atoms with E-state index in [1.54, 1.807) is 6.33 Å². The summed E-state index contributed by atoms with van der Waals surface area (Å²) in [7, 11) is 0. The Morgan fingerprint density at radius 3 is 2.67 bits per heavy atom. The molecule has 1 N–H and O–H groups in total. The molecule has 1 aliphatic heterocycles. The Balaban J connectivity index is 1.65. The highest BCUT2D eigenvalue weighted by molar-refractivity contribution is 5.01. The molecule has 1 aromatic heterocycles. The summed E-state index contributed by atoms with van der Waals surface area (Å²) in [4.78, 5) is 10.7. The second-order valence-electron chi connectivity index (χ2n) is 5.10. The zero-order chi connectivity index (χ0) is 12.6. The average molecular weight is 248 g/mol. The standard InChI is InChI=1S/C14H24N4/c1-2-3-6-18-7-4-14(5-8-18)17-11-13-9-15-12-16-10-13/h9-10,12,14,17H,2-8,11H2,1H3. The Hall–Kier alpha value is -1.00. The Morgan fingerprint density at radius 1 is 1.28 bits per heavy atom. The van der Waals surface area contributed by atoms with E-state index < -0.39 is 0 Å². The number of piperidine rings is 1. The predicted molar refractivity (Wildman–Crippen MR) is 73.2 cm³/mol. The van der Waals surface area contributed by atoms with Gasteiger partial charge in [0.15, 0.2) is 0 Å². The van der Waals surface area contributed by atoms with E-state index in [-0.39, 0.29) is 0 Å². The first kappa shape index (κ1) is 13.4. The minimum Gasteiger partial charge on any atom is -0.310 e. The van der Waals surface area contributed by atoms with Gasteiger partial charge in [0, 0.05) is 30.5 Å². The normalized spacial score (nSPS) is 18.1. The highest BCUT2D eigenvalue weighted by Gasteiger charge is 2.17. The molecule has 0 radical (unpaired) electrons. The fourth-order valence-corrected chi connectivity index (χ4v) is 2.43. The maximum atomic E-state index is 4.03. The maximum absolute atomic E-state index is 4.03. The number of likely N-dealkylation sites (tertiary alicyclic amines) is 1. The van der Waals surface area contributed by atoms with Crippen LogP contribution < -0.4 is 5.32 Å². The van der Waals surface area contributed by atoms with Crippen LogP contribution in [-0.4, -0.2) is 40.5 Å². The number of nitrogens with zero attached hydrogens (tertiary/aromatic N) is 3. The van der Waals surface area contributed by atoms with Crippen molar-refractivity contribution in [3.05, 3.63) is 24.3 Å². The summed E-state index contributed by atoms with van der Waals surface area (Å²) < 4.78 is 0. The van der Waals surface area contributed by atoms with Gasteiger partial charge in [-0.1, -0.05) is 13.3 Å². The van der Waals surface area contributed by atoms with E-state index in [0.717, 1.165) is 6.54 Å². The van der Waals surface area contributed by atoms with Gasteiger partial charge in [0.2, 0.25) is 0 Å². The molecule has 0 unspecified atom stereocenters. The molecule has 1 aliphatic rings. The van der Waals surface area contributed by atoms with Crippen LogP contribution >= 0.6 is 0 Å². The molecule has 0 aliphatic carbocycles. The topological polar surface area (TPSA) is 41.0 Å². The zero-order valence-corrected chi connectivity index (χ0v) is 11.3. The summed E-state index contributed by atoms with van der Waals surface area (Å²) in [6, 6.07) is 0.656. The van der Waals surface area contributed by atoms with Crippen molar-refractivity contribution in [2.75, 3.05) is 19.6 Å². The quantitative estimate of drug-likeness (QED) is 0.834. The Bertz CT molecular complexity index is 320. The van der Waals surface area contributed by atoms with Gasteiger partial charge in [0.25, 0.3) is 0 Å². The largest absolute Gasteiger partial charge is 0.310 e. The summed E-state index contributed by atoms with van der Waals surface area (Å²) in [5.41, 5.74) is 1.17. The average Bonchev–Trinajstić information content (AvgIpc) is 2.45. The van der Waals surface area contributed by atoms with Crippen molar-refractivity contribution in [1.82, 2.24) is 20.2 Å². The van der Waals surface area contributed by atoms with Crippen LogP contribution in [0.1, 0.15) is 38.2 Å². The van der Waals surface area contributed by atoms with Gasteiger partial charge in [-0.2, -0.15) is 0 Å². The van der Waals surface area contributed by atoms with Crippen LogP contribution in [0.4, 0.5) is 0 Å². The Labute approximate surface area is 110 Å². The molecule has 1 fully saturated rings. The third-order valence-corrected chi connectivity index (χ3v) is 3.62. The molecular formula is C14H24N4. The molecule has 18 heavy (non-hydrogen) atoms. The molecule has 0 bridgehead atoms. The Kier molecular flexibility index (Phi) is 5.55. The van der Waals surface area contributed by atoms with Crippen LogP contribution in [-0.2, 0) is 6.54 Å². The van der Waals surface area contributed by atoms with Crippen LogP contribution in [0.3, 0.4) is 0 Å². The van der Waals surface area contributed by atoms with Gasteiger partial charge in [0.1, 0.15) is 6.33 Å². The van der Waals surface area contributed by atoms with Crippen molar-refractivity contribution in [3.8, 4) is 0 Å². The molecule has 0 atom stereocenters. The van der Waals surface area contributed by atoms with Crippen molar-refractivity contribution in [1.29, 1.82) is 0 Å². The van der Waals surface area contributed by atoms with Crippen LogP contribution in [0.15, 0.2) is 18.7 Å². The van der Waals surface area contributed by atoms with E-state index in [9.17, 15) is 0 Å². The zero-order valence-electron chi connectivity index (χ0n) is 11.3. The minimum atomic E-state index is 0.656. The summed E-state index contributed by atoms with van der Waals surface area (Å²) in [5.74, 6) is 0. The monoisotopic (exact) mass is 248 g/mol. The molecule has 0 saturated carbocycles. The first-order valence-corrected chi connectivity index (χ1v) is 7.08. The highest BCUT2D eigenvalue weighted by atomic mass is 15.1.